The monoisotopic (exact) mass is 467 g/mol. The number of methoxy groups -OCH3 is 1. The van der Waals surface area contributed by atoms with Crippen LogP contribution in [0.2, 0.25) is 0 Å². The maximum absolute atomic E-state index is 13.0. The Bertz CT molecular complexity index is 1410. The van der Waals surface area contributed by atoms with Gasteiger partial charge in [0.25, 0.3) is 11.5 Å². The molecule has 176 valence electrons. The fraction of sp³-hybridized carbons (Fsp3) is 0.143. The molecule has 0 unspecified atom stereocenters. The number of hydrogen-bond acceptors (Lipinski definition) is 5. The molecule has 35 heavy (non-hydrogen) atoms. The first-order valence-corrected chi connectivity index (χ1v) is 11.2. The van der Waals surface area contributed by atoms with Gasteiger partial charge in [0.15, 0.2) is 5.78 Å². The normalized spacial score (nSPS) is 10.6. The van der Waals surface area contributed by atoms with E-state index in [-0.39, 0.29) is 35.9 Å². The van der Waals surface area contributed by atoms with E-state index in [2.05, 4.69) is 10.4 Å². The van der Waals surface area contributed by atoms with Gasteiger partial charge in [0, 0.05) is 29.3 Å². The molecule has 1 heterocycles. The van der Waals surface area contributed by atoms with E-state index in [9.17, 15) is 14.4 Å². The zero-order chi connectivity index (χ0) is 24.8. The molecule has 0 atom stereocenters. The van der Waals surface area contributed by atoms with E-state index < -0.39 is 0 Å². The van der Waals surface area contributed by atoms with E-state index >= 15 is 0 Å². The molecule has 4 aromatic rings. The predicted octanol–water partition coefficient (Wildman–Crippen LogP) is 3.89. The number of benzene rings is 3. The van der Waals surface area contributed by atoms with Crippen LogP contribution in [0, 0.1) is 6.92 Å². The van der Waals surface area contributed by atoms with Crippen molar-refractivity contribution in [2.75, 3.05) is 13.7 Å². The Hall–Kier alpha value is -4.52. The van der Waals surface area contributed by atoms with E-state index in [1.54, 1.807) is 49.6 Å². The maximum Gasteiger partial charge on any atom is 0.266 e. The molecule has 0 fully saturated rings. The second kappa shape index (κ2) is 10.6. The lowest BCUT2D eigenvalue weighted by Gasteiger charge is -2.11. The Morgan fingerprint density at radius 2 is 1.57 bits per heavy atom. The van der Waals surface area contributed by atoms with Crippen molar-refractivity contribution in [2.45, 2.75) is 13.5 Å². The quantitative estimate of drug-likeness (QED) is 0.397. The third kappa shape index (κ3) is 5.52. The Morgan fingerprint density at radius 3 is 2.26 bits per heavy atom. The summed E-state index contributed by atoms with van der Waals surface area (Å²) in [5.41, 5.74) is 3.37. The van der Waals surface area contributed by atoms with Gasteiger partial charge < -0.3 is 10.1 Å². The van der Waals surface area contributed by atoms with Crippen LogP contribution in [-0.4, -0.2) is 35.1 Å². The topological polar surface area (TPSA) is 90.3 Å². The summed E-state index contributed by atoms with van der Waals surface area (Å²) in [5, 5.41) is 7.22. The summed E-state index contributed by atoms with van der Waals surface area (Å²) < 4.78 is 6.48. The van der Waals surface area contributed by atoms with Gasteiger partial charge in [-0.15, -0.1) is 0 Å². The van der Waals surface area contributed by atoms with Gasteiger partial charge in [-0.2, -0.15) is 5.10 Å². The van der Waals surface area contributed by atoms with Gasteiger partial charge in [0.1, 0.15) is 5.75 Å². The number of aromatic nitrogens is 2. The van der Waals surface area contributed by atoms with Gasteiger partial charge in [0.05, 0.1) is 24.9 Å². The average molecular weight is 468 g/mol. The van der Waals surface area contributed by atoms with Crippen LogP contribution < -0.4 is 15.6 Å². The standard InChI is InChI=1S/C28H25N3O4/c1-19-7-9-21(10-8-19)27(33)23-5-3-4-6-24(23)28(34)29-17-18-31-26(32)16-15-25(30-31)20-11-13-22(35-2)14-12-20/h3-16H,17-18H2,1-2H3,(H,29,34). The smallest absolute Gasteiger partial charge is 0.266 e. The van der Waals surface area contributed by atoms with Crippen LogP contribution >= 0.6 is 0 Å². The number of nitrogens with one attached hydrogen (secondary N) is 1. The van der Waals surface area contributed by atoms with E-state index in [0.717, 1.165) is 16.9 Å². The minimum Gasteiger partial charge on any atom is -0.497 e. The van der Waals surface area contributed by atoms with Gasteiger partial charge in [-0.05, 0) is 43.3 Å². The molecular weight excluding hydrogens is 442 g/mol. The summed E-state index contributed by atoms with van der Waals surface area (Å²) in [6, 6.07) is 24.4. The molecule has 0 bridgehead atoms. The number of carbonyl (C=O) groups excluding carboxylic acids is 2. The van der Waals surface area contributed by atoms with Crippen molar-refractivity contribution in [3.05, 3.63) is 118 Å². The largest absolute Gasteiger partial charge is 0.497 e. The SMILES string of the molecule is COc1ccc(-c2ccc(=O)n(CCNC(=O)c3ccccc3C(=O)c3ccc(C)cc3)n2)cc1. The van der Waals surface area contributed by atoms with Crippen molar-refractivity contribution < 1.29 is 14.3 Å². The van der Waals surface area contributed by atoms with Crippen LogP contribution in [0.1, 0.15) is 31.8 Å². The number of rotatable bonds is 8. The summed E-state index contributed by atoms with van der Waals surface area (Å²) in [6.45, 7) is 2.30. The number of nitrogens with zero attached hydrogens (tertiary/aromatic N) is 2. The van der Waals surface area contributed by atoms with Gasteiger partial charge in [-0.1, -0.05) is 48.0 Å². The Morgan fingerprint density at radius 1 is 0.886 bits per heavy atom. The highest BCUT2D eigenvalue weighted by Crippen LogP contribution is 2.19. The number of ketones is 1. The molecule has 1 amide bonds. The molecule has 0 aliphatic heterocycles. The third-order valence-electron chi connectivity index (χ3n) is 5.59. The average Bonchev–Trinajstić information content (AvgIpc) is 2.90. The number of amides is 1. The molecule has 0 saturated heterocycles. The molecule has 0 aliphatic rings. The first-order chi connectivity index (χ1) is 17.0. The minimum absolute atomic E-state index is 0.171. The summed E-state index contributed by atoms with van der Waals surface area (Å²) in [4.78, 5) is 38.2. The molecule has 0 saturated carbocycles. The van der Waals surface area contributed by atoms with Crippen LogP contribution in [0.25, 0.3) is 11.3 Å². The van der Waals surface area contributed by atoms with Crippen molar-refractivity contribution in [3.63, 3.8) is 0 Å². The lowest BCUT2D eigenvalue weighted by atomic mass is 9.97. The van der Waals surface area contributed by atoms with E-state index in [0.29, 0.717) is 16.8 Å². The summed E-state index contributed by atoms with van der Waals surface area (Å²) in [7, 11) is 1.60. The van der Waals surface area contributed by atoms with Crippen molar-refractivity contribution in [1.82, 2.24) is 15.1 Å². The lowest BCUT2D eigenvalue weighted by Crippen LogP contribution is -2.32. The molecule has 1 N–H and O–H groups in total. The van der Waals surface area contributed by atoms with Crippen LogP contribution in [-0.2, 0) is 6.54 Å². The molecule has 0 spiro atoms. The second-order valence-electron chi connectivity index (χ2n) is 8.01. The highest BCUT2D eigenvalue weighted by Gasteiger charge is 2.18. The van der Waals surface area contributed by atoms with Crippen LogP contribution in [0.3, 0.4) is 0 Å². The Kier molecular flexibility index (Phi) is 7.16. The highest BCUT2D eigenvalue weighted by atomic mass is 16.5. The zero-order valence-corrected chi connectivity index (χ0v) is 19.5. The summed E-state index contributed by atoms with van der Waals surface area (Å²) in [6.07, 6.45) is 0. The van der Waals surface area contributed by atoms with Gasteiger partial charge >= 0.3 is 0 Å². The summed E-state index contributed by atoms with van der Waals surface area (Å²) in [5.74, 6) is 0.118. The van der Waals surface area contributed by atoms with Crippen molar-refractivity contribution in [1.29, 1.82) is 0 Å². The molecule has 1 aromatic heterocycles. The van der Waals surface area contributed by atoms with Gasteiger partial charge in [0.2, 0.25) is 0 Å². The highest BCUT2D eigenvalue weighted by molar-refractivity contribution is 6.15. The third-order valence-corrected chi connectivity index (χ3v) is 5.59. The van der Waals surface area contributed by atoms with E-state index in [1.807, 2.05) is 43.3 Å². The first kappa shape index (κ1) is 23.6. The Balaban J connectivity index is 1.46. The molecule has 0 radical (unpaired) electrons. The van der Waals surface area contributed by atoms with Crippen molar-refractivity contribution in [2.24, 2.45) is 0 Å². The molecule has 0 aliphatic carbocycles. The summed E-state index contributed by atoms with van der Waals surface area (Å²) >= 11 is 0. The number of carbonyl (C=O) groups is 2. The van der Waals surface area contributed by atoms with Crippen LogP contribution in [0.15, 0.2) is 89.7 Å². The van der Waals surface area contributed by atoms with Gasteiger partial charge in [-0.25, -0.2) is 4.68 Å². The fourth-order valence-electron chi connectivity index (χ4n) is 3.63. The predicted molar refractivity (Wildman–Crippen MR) is 134 cm³/mol. The molecular formula is C28H25N3O4. The van der Waals surface area contributed by atoms with Crippen molar-refractivity contribution >= 4 is 11.7 Å². The van der Waals surface area contributed by atoms with E-state index in [1.165, 1.54) is 10.7 Å². The zero-order valence-electron chi connectivity index (χ0n) is 19.5. The number of ether oxygens (including phenoxy) is 1. The van der Waals surface area contributed by atoms with Crippen LogP contribution in [0.5, 0.6) is 5.75 Å². The lowest BCUT2D eigenvalue weighted by molar-refractivity contribution is 0.0940. The van der Waals surface area contributed by atoms with Crippen molar-refractivity contribution in [3.8, 4) is 17.0 Å². The molecule has 7 heteroatoms. The number of aryl methyl sites for hydroxylation is 1. The Labute approximate surface area is 203 Å². The van der Waals surface area contributed by atoms with Crippen LogP contribution in [0.4, 0.5) is 0 Å². The van der Waals surface area contributed by atoms with Gasteiger partial charge in [-0.3, -0.25) is 14.4 Å². The maximum atomic E-state index is 13.0. The minimum atomic E-state index is -0.389. The number of hydrogen-bond donors (Lipinski definition) is 1. The second-order valence-corrected chi connectivity index (χ2v) is 8.01. The first-order valence-electron chi connectivity index (χ1n) is 11.2. The van der Waals surface area contributed by atoms with E-state index in [4.69, 9.17) is 4.74 Å². The molecule has 3 aromatic carbocycles. The fourth-order valence-corrected chi connectivity index (χ4v) is 3.63. The molecule has 4 rings (SSSR count). The molecule has 7 nitrogen and oxygen atoms in total.